The lowest BCUT2D eigenvalue weighted by Crippen LogP contribution is -2.71. The SMILES string of the molecule is CCCCCCCCC(CCCCCCCC)C(=O)NC(CCC)(C(=O)O)[N+](C)(C)C. The molecule has 0 rings (SSSR count). The summed E-state index contributed by atoms with van der Waals surface area (Å²) in [5.41, 5.74) is -1.27. The molecule has 0 aromatic rings. The molecular formula is C26H53N2O3+. The van der Waals surface area contributed by atoms with Gasteiger partial charge in [-0.3, -0.25) is 14.6 Å². The molecule has 1 atom stereocenters. The number of carboxylic acid groups (broad SMARTS) is 1. The molecule has 0 fully saturated rings. The van der Waals surface area contributed by atoms with Gasteiger partial charge in [-0.25, -0.2) is 4.79 Å². The van der Waals surface area contributed by atoms with Crippen molar-refractivity contribution in [2.75, 3.05) is 21.1 Å². The summed E-state index contributed by atoms with van der Waals surface area (Å²) in [5.74, 6) is -1.08. The molecule has 0 bridgehead atoms. The van der Waals surface area contributed by atoms with E-state index in [0.717, 1.165) is 38.5 Å². The fourth-order valence-corrected chi connectivity index (χ4v) is 4.43. The Morgan fingerprint density at radius 2 is 1.16 bits per heavy atom. The van der Waals surface area contributed by atoms with Crippen LogP contribution in [0.1, 0.15) is 124 Å². The molecule has 0 radical (unpaired) electrons. The lowest BCUT2D eigenvalue weighted by atomic mass is 9.91. The Hall–Kier alpha value is -1.10. The molecule has 0 saturated heterocycles. The summed E-state index contributed by atoms with van der Waals surface area (Å²) in [5, 5.41) is 13.1. The highest BCUT2D eigenvalue weighted by atomic mass is 16.4. The molecule has 5 heteroatoms. The number of rotatable bonds is 20. The molecule has 0 heterocycles. The monoisotopic (exact) mass is 441 g/mol. The summed E-state index contributed by atoms with van der Waals surface area (Å²) >= 11 is 0. The van der Waals surface area contributed by atoms with Gasteiger partial charge in [0.15, 0.2) is 0 Å². The molecule has 0 aliphatic heterocycles. The number of carboxylic acids is 1. The molecule has 31 heavy (non-hydrogen) atoms. The third-order valence-corrected chi connectivity index (χ3v) is 6.62. The summed E-state index contributed by atoms with van der Waals surface area (Å²) in [7, 11) is 5.58. The third kappa shape index (κ3) is 11.4. The van der Waals surface area contributed by atoms with E-state index in [1.165, 1.54) is 51.4 Å². The van der Waals surface area contributed by atoms with Crippen LogP contribution in [0.4, 0.5) is 0 Å². The number of nitrogens with zero attached hydrogens (tertiary/aromatic N) is 1. The smallest absolute Gasteiger partial charge is 0.388 e. The van der Waals surface area contributed by atoms with Gasteiger partial charge >= 0.3 is 5.97 Å². The molecule has 0 aliphatic carbocycles. The van der Waals surface area contributed by atoms with Crippen LogP contribution in [-0.4, -0.2) is 48.3 Å². The average Bonchev–Trinajstić information content (AvgIpc) is 2.69. The lowest BCUT2D eigenvalue weighted by molar-refractivity contribution is -0.917. The highest BCUT2D eigenvalue weighted by Crippen LogP contribution is 2.26. The molecular weight excluding hydrogens is 388 g/mol. The van der Waals surface area contributed by atoms with E-state index in [9.17, 15) is 14.7 Å². The highest BCUT2D eigenvalue weighted by molar-refractivity contribution is 5.86. The molecule has 184 valence electrons. The van der Waals surface area contributed by atoms with E-state index < -0.39 is 11.6 Å². The summed E-state index contributed by atoms with van der Waals surface area (Å²) in [6.07, 6.45) is 17.3. The first-order valence-electron chi connectivity index (χ1n) is 13.0. The van der Waals surface area contributed by atoms with Crippen molar-refractivity contribution in [3.63, 3.8) is 0 Å². The number of likely N-dealkylation sites (N-methyl/N-ethyl adjacent to an activating group) is 1. The van der Waals surface area contributed by atoms with Crippen LogP contribution in [0.15, 0.2) is 0 Å². The van der Waals surface area contributed by atoms with Crippen molar-refractivity contribution in [3.05, 3.63) is 0 Å². The van der Waals surface area contributed by atoms with Gasteiger partial charge in [0.25, 0.3) is 5.66 Å². The zero-order chi connectivity index (χ0) is 23.8. The number of hydrogen-bond acceptors (Lipinski definition) is 2. The standard InChI is InChI=1S/C26H52N2O3/c1-7-10-12-14-16-18-20-23(21-19-17-15-13-11-8-2)24(29)27-26(22-9-3,25(30)31)28(4,5)6/h23H,7-22H2,1-6H3,(H-,27,29,30,31)/p+1. The van der Waals surface area contributed by atoms with Gasteiger partial charge < -0.3 is 5.11 Å². The number of unbranched alkanes of at least 4 members (excludes halogenated alkanes) is 10. The molecule has 0 aromatic heterocycles. The second-order valence-electron chi connectivity index (χ2n) is 10.2. The maximum atomic E-state index is 13.3. The van der Waals surface area contributed by atoms with Crippen molar-refractivity contribution in [3.8, 4) is 0 Å². The normalized spacial score (nSPS) is 13.9. The number of amides is 1. The van der Waals surface area contributed by atoms with Gasteiger partial charge in [-0.1, -0.05) is 97.8 Å². The molecule has 1 amide bonds. The van der Waals surface area contributed by atoms with Crippen molar-refractivity contribution in [1.29, 1.82) is 0 Å². The van der Waals surface area contributed by atoms with Crippen molar-refractivity contribution < 1.29 is 19.2 Å². The van der Waals surface area contributed by atoms with Crippen molar-refractivity contribution in [2.45, 2.75) is 129 Å². The number of hydrogen-bond donors (Lipinski definition) is 2. The van der Waals surface area contributed by atoms with Crippen LogP contribution in [0.25, 0.3) is 0 Å². The molecule has 0 aromatic carbocycles. The Morgan fingerprint density at radius 1 is 0.742 bits per heavy atom. The molecule has 0 aliphatic rings. The Bertz CT molecular complexity index is 472. The molecule has 1 unspecified atom stereocenters. The fourth-order valence-electron chi connectivity index (χ4n) is 4.43. The molecule has 5 nitrogen and oxygen atoms in total. The second-order valence-corrected chi connectivity index (χ2v) is 10.2. The Labute approximate surface area is 192 Å². The van der Waals surface area contributed by atoms with E-state index in [0.29, 0.717) is 12.8 Å². The summed E-state index contributed by atoms with van der Waals surface area (Å²) in [6, 6.07) is 0. The quantitative estimate of drug-likeness (QED) is 0.129. The number of carbonyl (C=O) groups excluding carboxylic acids is 1. The number of carbonyl (C=O) groups is 2. The van der Waals surface area contributed by atoms with Gasteiger partial charge in [0.05, 0.1) is 21.1 Å². The van der Waals surface area contributed by atoms with Crippen LogP contribution >= 0.6 is 0 Å². The van der Waals surface area contributed by atoms with E-state index >= 15 is 0 Å². The van der Waals surface area contributed by atoms with Crippen LogP contribution in [0.3, 0.4) is 0 Å². The minimum Gasteiger partial charge on any atom is -0.475 e. The van der Waals surface area contributed by atoms with Gasteiger partial charge in [0, 0.05) is 12.3 Å². The van der Waals surface area contributed by atoms with Crippen molar-refractivity contribution in [2.24, 2.45) is 5.92 Å². The van der Waals surface area contributed by atoms with Gasteiger partial charge in [0.2, 0.25) is 5.91 Å². The maximum Gasteiger partial charge on any atom is 0.388 e. The van der Waals surface area contributed by atoms with Crippen LogP contribution in [0.2, 0.25) is 0 Å². The van der Waals surface area contributed by atoms with E-state index in [-0.39, 0.29) is 16.3 Å². The first-order chi connectivity index (χ1) is 14.7. The first kappa shape index (κ1) is 29.9. The molecule has 0 saturated carbocycles. The van der Waals surface area contributed by atoms with E-state index in [2.05, 4.69) is 19.2 Å². The minimum absolute atomic E-state index is 0.0639. The van der Waals surface area contributed by atoms with Gasteiger partial charge in [-0.05, 0) is 19.3 Å². The zero-order valence-corrected chi connectivity index (χ0v) is 21.6. The summed E-state index contributed by atoms with van der Waals surface area (Å²) in [6.45, 7) is 6.42. The lowest BCUT2D eigenvalue weighted by Gasteiger charge is -2.43. The predicted molar refractivity (Wildman–Crippen MR) is 131 cm³/mol. The molecule has 0 spiro atoms. The van der Waals surface area contributed by atoms with Crippen LogP contribution in [0, 0.1) is 5.92 Å². The van der Waals surface area contributed by atoms with Crippen LogP contribution in [0.5, 0.6) is 0 Å². The maximum absolute atomic E-state index is 13.3. The summed E-state index contributed by atoms with van der Waals surface area (Å²) < 4.78 is 0.183. The van der Waals surface area contributed by atoms with Crippen LogP contribution in [-0.2, 0) is 9.59 Å². The van der Waals surface area contributed by atoms with Gasteiger partial charge in [-0.15, -0.1) is 0 Å². The number of aliphatic carboxylic acids is 1. The minimum atomic E-state index is -1.27. The highest BCUT2D eigenvalue weighted by Gasteiger charge is 2.51. The fraction of sp³-hybridized carbons (Fsp3) is 0.923. The van der Waals surface area contributed by atoms with Gasteiger partial charge in [-0.2, -0.15) is 0 Å². The van der Waals surface area contributed by atoms with Crippen LogP contribution < -0.4 is 5.32 Å². The number of nitrogens with one attached hydrogen (secondary N) is 1. The summed E-state index contributed by atoms with van der Waals surface area (Å²) in [4.78, 5) is 25.6. The zero-order valence-electron chi connectivity index (χ0n) is 21.6. The van der Waals surface area contributed by atoms with Gasteiger partial charge in [0.1, 0.15) is 0 Å². The second kappa shape index (κ2) is 16.5. The first-order valence-corrected chi connectivity index (χ1v) is 13.0. The Kier molecular flexibility index (Phi) is 15.9. The molecule has 2 N–H and O–H groups in total. The third-order valence-electron chi connectivity index (χ3n) is 6.62. The topological polar surface area (TPSA) is 66.4 Å². The predicted octanol–water partition coefficient (Wildman–Crippen LogP) is 6.51. The number of quaternary nitrogens is 1. The van der Waals surface area contributed by atoms with E-state index in [1.807, 2.05) is 28.1 Å². The van der Waals surface area contributed by atoms with Crippen molar-refractivity contribution >= 4 is 11.9 Å². The Morgan fingerprint density at radius 3 is 1.52 bits per heavy atom. The Balaban J connectivity index is 5.09. The van der Waals surface area contributed by atoms with E-state index in [4.69, 9.17) is 0 Å². The average molecular weight is 442 g/mol. The van der Waals surface area contributed by atoms with Crippen molar-refractivity contribution in [1.82, 2.24) is 5.32 Å². The van der Waals surface area contributed by atoms with E-state index in [1.54, 1.807) is 0 Å². The largest absolute Gasteiger partial charge is 0.475 e.